The summed E-state index contributed by atoms with van der Waals surface area (Å²) in [6, 6.07) is 2.60. The molecule has 116 valence electrons. The van der Waals surface area contributed by atoms with E-state index in [-0.39, 0.29) is 11.6 Å². The molecule has 1 heterocycles. The molecule has 5 nitrogen and oxygen atoms in total. The van der Waals surface area contributed by atoms with Gasteiger partial charge in [-0.1, -0.05) is 15.9 Å². The molecule has 1 aromatic rings. The zero-order chi connectivity index (χ0) is 15.8. The van der Waals surface area contributed by atoms with Crippen LogP contribution in [0.1, 0.15) is 17.3 Å². The Morgan fingerprint density at radius 2 is 2.14 bits per heavy atom. The monoisotopic (exact) mass is 378 g/mol. The van der Waals surface area contributed by atoms with Gasteiger partial charge in [-0.2, -0.15) is 0 Å². The average Bonchev–Trinajstić information content (AvgIpc) is 2.39. The van der Waals surface area contributed by atoms with Gasteiger partial charge in [0.25, 0.3) is 5.91 Å². The van der Waals surface area contributed by atoms with E-state index in [0.29, 0.717) is 24.1 Å². The molecule has 1 aliphatic heterocycles. The van der Waals surface area contributed by atoms with Crippen LogP contribution in [0, 0.1) is 5.82 Å². The number of halogens is 2. The van der Waals surface area contributed by atoms with Crippen molar-refractivity contribution in [3.8, 4) is 0 Å². The zero-order valence-electron chi connectivity index (χ0n) is 11.7. The Kier molecular flexibility index (Phi) is 4.69. The Morgan fingerprint density at radius 3 is 2.71 bits per heavy atom. The van der Waals surface area contributed by atoms with Gasteiger partial charge >= 0.3 is 0 Å². The molecule has 0 spiro atoms. The average molecular weight is 379 g/mol. The number of amides is 1. The van der Waals surface area contributed by atoms with Crippen LogP contribution in [0.25, 0.3) is 0 Å². The van der Waals surface area contributed by atoms with Crippen molar-refractivity contribution in [2.45, 2.75) is 17.9 Å². The molecular weight excluding hydrogens is 363 g/mol. The molecule has 0 bridgehead atoms. The number of hydrogen-bond donors (Lipinski definition) is 1. The van der Waals surface area contributed by atoms with E-state index in [9.17, 15) is 17.6 Å². The third-order valence-corrected chi connectivity index (χ3v) is 4.84. The van der Waals surface area contributed by atoms with Gasteiger partial charge in [0.05, 0.1) is 5.56 Å². The first kappa shape index (κ1) is 16.4. The van der Waals surface area contributed by atoms with Gasteiger partial charge in [0.15, 0.2) is 15.7 Å². The molecule has 1 amide bonds. The van der Waals surface area contributed by atoms with Gasteiger partial charge in [-0.05, 0) is 19.1 Å². The lowest BCUT2D eigenvalue weighted by Crippen LogP contribution is -2.51. The van der Waals surface area contributed by atoms with E-state index in [1.807, 2.05) is 6.92 Å². The third-order valence-electron chi connectivity index (χ3n) is 3.29. The fraction of sp³-hybridized carbons (Fsp3) is 0.462. The van der Waals surface area contributed by atoms with Crippen molar-refractivity contribution >= 4 is 31.7 Å². The molecule has 1 N–H and O–H groups in total. The van der Waals surface area contributed by atoms with Crippen molar-refractivity contribution in [3.63, 3.8) is 0 Å². The lowest BCUT2D eigenvalue weighted by molar-refractivity contribution is 0.0703. The van der Waals surface area contributed by atoms with E-state index in [1.54, 1.807) is 0 Å². The number of hydrogen-bond acceptors (Lipinski definition) is 4. The number of carbonyl (C=O) groups excluding carboxylic acids is 1. The van der Waals surface area contributed by atoms with Crippen molar-refractivity contribution in [3.05, 3.63) is 28.0 Å². The van der Waals surface area contributed by atoms with Crippen LogP contribution in [0.15, 0.2) is 21.5 Å². The summed E-state index contributed by atoms with van der Waals surface area (Å²) in [5, 5.41) is 3.19. The van der Waals surface area contributed by atoms with E-state index < -0.39 is 26.5 Å². The van der Waals surface area contributed by atoms with Crippen LogP contribution in [-0.2, 0) is 9.84 Å². The first-order chi connectivity index (χ1) is 9.70. The van der Waals surface area contributed by atoms with Crippen molar-refractivity contribution in [1.82, 2.24) is 10.2 Å². The van der Waals surface area contributed by atoms with E-state index in [2.05, 4.69) is 21.2 Å². The maximum atomic E-state index is 14.4. The fourth-order valence-electron chi connectivity index (χ4n) is 2.28. The van der Waals surface area contributed by atoms with Crippen LogP contribution in [0.2, 0.25) is 0 Å². The van der Waals surface area contributed by atoms with Crippen LogP contribution >= 0.6 is 15.9 Å². The summed E-state index contributed by atoms with van der Waals surface area (Å²) in [5.41, 5.74) is -0.223. The van der Waals surface area contributed by atoms with Crippen molar-refractivity contribution < 1.29 is 17.6 Å². The molecule has 0 radical (unpaired) electrons. The minimum atomic E-state index is -3.74. The number of nitrogens with zero attached hydrogens (tertiary/aromatic N) is 1. The molecule has 0 unspecified atom stereocenters. The molecule has 1 aliphatic rings. The standard InChI is InChI=1S/C13H16BrFN2O3S/c1-8-7-17(4-3-16-8)13(18)10-5-9(14)6-11(12(10)15)21(2,19)20/h5-6,8,16H,3-4,7H2,1-2H3/t8-/m0/s1. The topological polar surface area (TPSA) is 66.5 Å². The summed E-state index contributed by atoms with van der Waals surface area (Å²) in [4.78, 5) is 13.5. The molecule has 1 saturated heterocycles. The van der Waals surface area contributed by atoms with Crippen LogP contribution < -0.4 is 5.32 Å². The Balaban J connectivity index is 2.44. The molecule has 21 heavy (non-hydrogen) atoms. The van der Waals surface area contributed by atoms with E-state index in [0.717, 1.165) is 6.26 Å². The largest absolute Gasteiger partial charge is 0.336 e. The highest BCUT2D eigenvalue weighted by Crippen LogP contribution is 2.25. The predicted molar refractivity (Wildman–Crippen MR) is 80.6 cm³/mol. The summed E-state index contributed by atoms with van der Waals surface area (Å²) < 4.78 is 38.0. The minimum absolute atomic E-state index is 0.118. The summed E-state index contributed by atoms with van der Waals surface area (Å²) in [6.07, 6.45) is 0.916. The summed E-state index contributed by atoms with van der Waals surface area (Å²) in [6.45, 7) is 3.47. The number of benzene rings is 1. The minimum Gasteiger partial charge on any atom is -0.336 e. The van der Waals surface area contributed by atoms with E-state index in [1.165, 1.54) is 17.0 Å². The lowest BCUT2D eigenvalue weighted by atomic mass is 10.1. The molecule has 1 fully saturated rings. The highest BCUT2D eigenvalue weighted by molar-refractivity contribution is 9.10. The summed E-state index contributed by atoms with van der Waals surface area (Å²) >= 11 is 3.13. The molecule has 0 saturated carbocycles. The smallest absolute Gasteiger partial charge is 0.257 e. The van der Waals surface area contributed by atoms with Crippen LogP contribution in [0.5, 0.6) is 0 Å². The number of rotatable bonds is 2. The van der Waals surface area contributed by atoms with E-state index >= 15 is 0 Å². The molecule has 1 aromatic carbocycles. The molecule has 1 atom stereocenters. The third kappa shape index (κ3) is 3.61. The van der Waals surface area contributed by atoms with Crippen LogP contribution in [-0.4, -0.2) is 51.2 Å². The Bertz CT molecular complexity index is 678. The second kappa shape index (κ2) is 6.02. The summed E-state index contributed by atoms with van der Waals surface area (Å²) in [5.74, 6) is -1.48. The summed E-state index contributed by atoms with van der Waals surface area (Å²) in [7, 11) is -3.74. The van der Waals surface area contributed by atoms with Gasteiger partial charge in [0, 0.05) is 36.4 Å². The quantitative estimate of drug-likeness (QED) is 0.844. The van der Waals surface area contributed by atoms with Crippen molar-refractivity contribution in [1.29, 1.82) is 0 Å². The molecule has 0 aromatic heterocycles. The maximum Gasteiger partial charge on any atom is 0.257 e. The number of carbonyl (C=O) groups is 1. The van der Waals surface area contributed by atoms with Gasteiger partial charge in [0.1, 0.15) is 4.90 Å². The van der Waals surface area contributed by atoms with Gasteiger partial charge < -0.3 is 10.2 Å². The second-order valence-corrected chi connectivity index (χ2v) is 8.04. The Labute approximate surface area is 131 Å². The second-order valence-electron chi connectivity index (χ2n) is 5.14. The molecule has 0 aliphatic carbocycles. The lowest BCUT2D eigenvalue weighted by Gasteiger charge is -2.32. The van der Waals surface area contributed by atoms with Gasteiger partial charge in [0.2, 0.25) is 0 Å². The Hall–Kier alpha value is -0.990. The highest BCUT2D eigenvalue weighted by Gasteiger charge is 2.27. The van der Waals surface area contributed by atoms with Crippen molar-refractivity contribution in [2.24, 2.45) is 0 Å². The molecular formula is C13H16BrFN2O3S. The highest BCUT2D eigenvalue weighted by atomic mass is 79.9. The SMILES string of the molecule is C[C@H]1CN(C(=O)c2cc(Br)cc(S(C)(=O)=O)c2F)CCN1. The van der Waals surface area contributed by atoms with Gasteiger partial charge in [-0.15, -0.1) is 0 Å². The predicted octanol–water partition coefficient (Wildman–Crippen LogP) is 1.43. The van der Waals surface area contributed by atoms with Crippen LogP contribution in [0.3, 0.4) is 0 Å². The maximum absolute atomic E-state index is 14.4. The number of sulfone groups is 1. The van der Waals surface area contributed by atoms with E-state index in [4.69, 9.17) is 0 Å². The number of nitrogens with one attached hydrogen (secondary N) is 1. The van der Waals surface area contributed by atoms with Gasteiger partial charge in [-0.3, -0.25) is 4.79 Å². The van der Waals surface area contributed by atoms with Crippen molar-refractivity contribution in [2.75, 3.05) is 25.9 Å². The van der Waals surface area contributed by atoms with Crippen LogP contribution in [0.4, 0.5) is 4.39 Å². The molecule has 8 heteroatoms. The first-order valence-corrected chi connectivity index (χ1v) is 9.10. The zero-order valence-corrected chi connectivity index (χ0v) is 14.1. The fourth-order valence-corrected chi connectivity index (χ4v) is 3.66. The number of piperazine rings is 1. The normalized spacial score (nSPS) is 19.6. The first-order valence-electron chi connectivity index (χ1n) is 6.42. The Morgan fingerprint density at radius 1 is 1.48 bits per heavy atom. The molecule has 2 rings (SSSR count). The van der Waals surface area contributed by atoms with Gasteiger partial charge in [-0.25, -0.2) is 12.8 Å².